The fourth-order valence-corrected chi connectivity index (χ4v) is 7.41. The Morgan fingerprint density at radius 1 is 0.941 bits per heavy atom. The monoisotopic (exact) mass is 471 g/mol. The lowest BCUT2D eigenvalue weighted by Gasteiger charge is -2.46. The van der Waals surface area contributed by atoms with Crippen LogP contribution in [0.5, 0.6) is 0 Å². The molecule has 0 aliphatic heterocycles. The lowest BCUT2D eigenvalue weighted by molar-refractivity contribution is -0.138. The highest BCUT2D eigenvalue weighted by molar-refractivity contribution is 5.67. The summed E-state index contributed by atoms with van der Waals surface area (Å²) in [5, 5.41) is 9.70. The van der Waals surface area contributed by atoms with Gasteiger partial charge in [-0.1, -0.05) is 69.9 Å². The average molecular weight is 472 g/mol. The van der Waals surface area contributed by atoms with Crippen molar-refractivity contribution in [2.24, 2.45) is 17.8 Å². The van der Waals surface area contributed by atoms with Gasteiger partial charge >= 0.3 is 5.97 Å². The molecule has 0 saturated heterocycles. The quantitative estimate of drug-likeness (QED) is 0.401. The lowest BCUT2D eigenvalue weighted by Crippen LogP contribution is -2.48. The number of aliphatic carboxylic acids is 1. The van der Waals surface area contributed by atoms with Crippen molar-refractivity contribution in [2.75, 3.05) is 13.1 Å². The molecule has 0 bridgehead atoms. The zero-order chi connectivity index (χ0) is 23.9. The van der Waals surface area contributed by atoms with E-state index in [-0.39, 0.29) is 30.1 Å². The number of carboxylic acid groups (broad SMARTS) is 1. The van der Waals surface area contributed by atoms with Crippen LogP contribution in [-0.4, -0.2) is 35.1 Å². The first-order valence-corrected chi connectivity index (χ1v) is 14.2. The number of carbonyl (C=O) groups is 1. The van der Waals surface area contributed by atoms with Crippen molar-refractivity contribution in [3.8, 4) is 0 Å². The van der Waals surface area contributed by atoms with E-state index in [9.17, 15) is 9.90 Å². The summed E-state index contributed by atoms with van der Waals surface area (Å²) in [5.41, 5.74) is 1.69. The summed E-state index contributed by atoms with van der Waals surface area (Å²) in [6.07, 6.45) is 17.9. The fraction of sp³-hybridized carbons (Fsp3) is 0.767. The second kappa shape index (κ2) is 12.5. The van der Waals surface area contributed by atoms with E-state index in [4.69, 9.17) is 0 Å². The van der Waals surface area contributed by atoms with E-state index in [1.54, 1.807) is 6.07 Å². The molecule has 3 nitrogen and oxygen atoms in total. The maximum absolute atomic E-state index is 15.4. The maximum Gasteiger partial charge on any atom is 0.303 e. The third-order valence-electron chi connectivity index (χ3n) is 9.18. The zero-order valence-electron chi connectivity index (χ0n) is 21.3. The minimum absolute atomic E-state index is 0.0111. The third kappa shape index (κ3) is 6.83. The van der Waals surface area contributed by atoms with E-state index in [0.717, 1.165) is 55.3 Å². The summed E-state index contributed by atoms with van der Waals surface area (Å²) >= 11 is 0. The van der Waals surface area contributed by atoms with E-state index in [0.29, 0.717) is 0 Å². The molecule has 190 valence electrons. The standard InChI is InChI=1S/C30H46FNO2/c1-22-15-16-26(27(31)19-22)30-25(20-29(33)34)13-8-14-28(30)32(21-24-11-6-3-7-12-24)18-17-23-9-4-2-5-10-23/h15-16,19,23-25,28,30H,2-14,17-18,20-21H2,1H3,(H,33,34). The zero-order valence-corrected chi connectivity index (χ0v) is 21.3. The number of carboxylic acids is 1. The molecule has 34 heavy (non-hydrogen) atoms. The van der Waals surface area contributed by atoms with Gasteiger partial charge in [-0.15, -0.1) is 0 Å². The van der Waals surface area contributed by atoms with Crippen LogP contribution in [-0.2, 0) is 4.79 Å². The Morgan fingerprint density at radius 2 is 1.62 bits per heavy atom. The van der Waals surface area contributed by atoms with Crippen molar-refractivity contribution in [2.45, 2.75) is 115 Å². The number of hydrogen-bond donors (Lipinski definition) is 1. The van der Waals surface area contributed by atoms with Crippen LogP contribution < -0.4 is 0 Å². The van der Waals surface area contributed by atoms with E-state index >= 15 is 4.39 Å². The Balaban J connectivity index is 1.60. The van der Waals surface area contributed by atoms with Crippen LogP contribution >= 0.6 is 0 Å². The van der Waals surface area contributed by atoms with Crippen LogP contribution in [0.2, 0.25) is 0 Å². The summed E-state index contributed by atoms with van der Waals surface area (Å²) in [7, 11) is 0. The minimum Gasteiger partial charge on any atom is -0.481 e. The number of halogens is 1. The van der Waals surface area contributed by atoms with Crippen LogP contribution in [0.25, 0.3) is 0 Å². The topological polar surface area (TPSA) is 40.5 Å². The van der Waals surface area contributed by atoms with Gasteiger partial charge in [-0.2, -0.15) is 0 Å². The number of nitrogens with zero attached hydrogens (tertiary/aromatic N) is 1. The van der Waals surface area contributed by atoms with Gasteiger partial charge in [0, 0.05) is 24.9 Å². The van der Waals surface area contributed by atoms with E-state index in [2.05, 4.69) is 4.90 Å². The molecule has 1 aromatic carbocycles. The normalized spacial score (nSPS) is 27.2. The lowest BCUT2D eigenvalue weighted by atomic mass is 9.69. The van der Waals surface area contributed by atoms with Crippen LogP contribution in [0.1, 0.15) is 113 Å². The van der Waals surface area contributed by atoms with Crippen molar-refractivity contribution >= 4 is 5.97 Å². The summed E-state index contributed by atoms with van der Waals surface area (Å²) in [5.74, 6) is 0.665. The Morgan fingerprint density at radius 3 is 2.26 bits per heavy atom. The SMILES string of the molecule is Cc1ccc(C2C(CC(=O)O)CCCC2N(CCC2CCCCC2)CC2CCCCC2)c(F)c1. The predicted octanol–water partition coefficient (Wildman–Crippen LogP) is 7.71. The molecule has 3 unspecified atom stereocenters. The molecule has 0 heterocycles. The molecule has 3 fully saturated rings. The molecule has 3 aliphatic carbocycles. The van der Waals surface area contributed by atoms with Gasteiger partial charge in [0.15, 0.2) is 0 Å². The Labute approximate surface area is 206 Å². The largest absolute Gasteiger partial charge is 0.481 e. The molecule has 4 rings (SSSR count). The highest BCUT2D eigenvalue weighted by atomic mass is 19.1. The fourth-order valence-electron chi connectivity index (χ4n) is 7.41. The predicted molar refractivity (Wildman–Crippen MR) is 137 cm³/mol. The first-order chi connectivity index (χ1) is 16.5. The summed E-state index contributed by atoms with van der Waals surface area (Å²) in [6, 6.07) is 5.87. The van der Waals surface area contributed by atoms with Gasteiger partial charge in [0.1, 0.15) is 5.82 Å². The number of hydrogen-bond acceptors (Lipinski definition) is 2. The van der Waals surface area contributed by atoms with E-state index < -0.39 is 5.97 Å². The van der Waals surface area contributed by atoms with Crippen LogP contribution in [0.3, 0.4) is 0 Å². The van der Waals surface area contributed by atoms with Crippen molar-refractivity contribution < 1.29 is 14.3 Å². The number of benzene rings is 1. The molecule has 3 atom stereocenters. The molecule has 0 spiro atoms. The van der Waals surface area contributed by atoms with E-state index in [1.165, 1.54) is 70.6 Å². The van der Waals surface area contributed by atoms with Gasteiger partial charge in [-0.05, 0) is 80.5 Å². The molecule has 3 aliphatic rings. The average Bonchev–Trinajstić information content (AvgIpc) is 2.83. The van der Waals surface area contributed by atoms with Gasteiger partial charge in [0.25, 0.3) is 0 Å². The van der Waals surface area contributed by atoms with Crippen LogP contribution in [0.4, 0.5) is 4.39 Å². The second-order valence-electron chi connectivity index (χ2n) is 11.7. The summed E-state index contributed by atoms with van der Waals surface area (Å²) in [4.78, 5) is 14.5. The first-order valence-electron chi connectivity index (χ1n) is 14.2. The molecular weight excluding hydrogens is 425 g/mol. The molecule has 4 heteroatoms. The van der Waals surface area contributed by atoms with Gasteiger partial charge in [-0.25, -0.2) is 4.39 Å². The highest BCUT2D eigenvalue weighted by Crippen LogP contribution is 2.44. The van der Waals surface area contributed by atoms with Gasteiger partial charge < -0.3 is 5.11 Å². The van der Waals surface area contributed by atoms with Crippen molar-refractivity contribution in [1.82, 2.24) is 4.90 Å². The highest BCUT2D eigenvalue weighted by Gasteiger charge is 2.40. The Bertz CT molecular complexity index is 784. The molecular formula is C30H46FNO2. The van der Waals surface area contributed by atoms with Crippen molar-refractivity contribution in [3.63, 3.8) is 0 Å². The summed E-state index contributed by atoms with van der Waals surface area (Å²) in [6.45, 7) is 4.14. The molecule has 0 aromatic heterocycles. The number of aryl methyl sites for hydroxylation is 1. The minimum atomic E-state index is -0.746. The molecule has 1 N–H and O–H groups in total. The molecule has 0 radical (unpaired) electrons. The Kier molecular flexibility index (Phi) is 9.45. The third-order valence-corrected chi connectivity index (χ3v) is 9.18. The maximum atomic E-state index is 15.4. The number of rotatable bonds is 9. The second-order valence-corrected chi connectivity index (χ2v) is 11.7. The molecule has 0 amide bonds. The smallest absolute Gasteiger partial charge is 0.303 e. The summed E-state index contributed by atoms with van der Waals surface area (Å²) < 4.78 is 15.4. The first kappa shape index (κ1) is 25.7. The van der Waals surface area contributed by atoms with Gasteiger partial charge in [-0.3, -0.25) is 9.69 Å². The van der Waals surface area contributed by atoms with Gasteiger partial charge in [0.2, 0.25) is 0 Å². The van der Waals surface area contributed by atoms with Gasteiger partial charge in [0.05, 0.1) is 0 Å². The van der Waals surface area contributed by atoms with Crippen molar-refractivity contribution in [3.05, 3.63) is 35.1 Å². The van der Waals surface area contributed by atoms with E-state index in [1.807, 2.05) is 19.1 Å². The molecule has 1 aromatic rings. The molecule has 3 saturated carbocycles. The van der Waals surface area contributed by atoms with Crippen molar-refractivity contribution in [1.29, 1.82) is 0 Å². The van der Waals surface area contributed by atoms with Crippen LogP contribution in [0, 0.1) is 30.5 Å². The Hall–Kier alpha value is -1.42. The van der Waals surface area contributed by atoms with Crippen LogP contribution in [0.15, 0.2) is 18.2 Å².